The van der Waals surface area contributed by atoms with Crippen LogP contribution in [0.2, 0.25) is 0 Å². The number of benzene rings is 1. The monoisotopic (exact) mass is 339 g/mol. The van der Waals surface area contributed by atoms with E-state index in [-0.39, 0.29) is 16.3 Å². The highest BCUT2D eigenvalue weighted by atomic mass is 32.2. The normalized spacial score (nSPS) is 11.0. The van der Waals surface area contributed by atoms with E-state index < -0.39 is 15.9 Å². The van der Waals surface area contributed by atoms with E-state index in [1.165, 1.54) is 37.6 Å². The van der Waals surface area contributed by atoms with E-state index in [1.807, 2.05) is 6.92 Å². The van der Waals surface area contributed by atoms with Gasteiger partial charge in [-0.1, -0.05) is 12.1 Å². The van der Waals surface area contributed by atoms with Crippen molar-refractivity contribution in [3.05, 3.63) is 36.1 Å². The summed E-state index contributed by atoms with van der Waals surface area (Å²) < 4.78 is 36.6. The number of anilines is 1. The number of aromatic nitrogens is 1. The van der Waals surface area contributed by atoms with Gasteiger partial charge in [0.1, 0.15) is 12.0 Å². The first kappa shape index (κ1) is 16.8. The Kier molecular flexibility index (Phi) is 5.22. The molecule has 1 aromatic heterocycles. The molecule has 0 aliphatic heterocycles. The topological polar surface area (TPSA) is 111 Å². The second kappa shape index (κ2) is 7.14. The van der Waals surface area contributed by atoms with Crippen LogP contribution in [0.15, 0.2) is 39.9 Å². The van der Waals surface area contributed by atoms with E-state index in [0.717, 1.165) is 6.42 Å². The first-order valence-corrected chi connectivity index (χ1v) is 8.35. The average Bonchev–Trinajstić information content (AvgIpc) is 3.04. The van der Waals surface area contributed by atoms with Crippen LogP contribution in [0.4, 0.5) is 5.82 Å². The molecule has 2 N–H and O–H groups in total. The van der Waals surface area contributed by atoms with E-state index >= 15 is 0 Å². The molecule has 1 aromatic carbocycles. The summed E-state index contributed by atoms with van der Waals surface area (Å²) in [6.07, 6.45) is 2.01. The molecule has 0 spiro atoms. The molecule has 0 unspecified atom stereocenters. The minimum atomic E-state index is -3.89. The van der Waals surface area contributed by atoms with Gasteiger partial charge in [-0.25, -0.2) is 8.42 Å². The highest BCUT2D eigenvalue weighted by molar-refractivity contribution is 7.92. The van der Waals surface area contributed by atoms with Crippen LogP contribution in [0.1, 0.15) is 23.7 Å². The van der Waals surface area contributed by atoms with Crippen molar-refractivity contribution in [1.29, 1.82) is 0 Å². The predicted molar refractivity (Wildman–Crippen MR) is 82.9 cm³/mol. The van der Waals surface area contributed by atoms with Crippen molar-refractivity contribution in [3.63, 3.8) is 0 Å². The summed E-state index contributed by atoms with van der Waals surface area (Å²) in [5.41, 5.74) is 0.143. The van der Waals surface area contributed by atoms with E-state index in [9.17, 15) is 13.2 Å². The van der Waals surface area contributed by atoms with Gasteiger partial charge in [0.15, 0.2) is 5.82 Å². The van der Waals surface area contributed by atoms with Gasteiger partial charge in [0, 0.05) is 12.6 Å². The van der Waals surface area contributed by atoms with Crippen molar-refractivity contribution in [2.75, 3.05) is 18.4 Å². The average molecular weight is 339 g/mol. The maximum atomic E-state index is 12.3. The number of nitrogens with one attached hydrogen (secondary N) is 2. The molecule has 1 heterocycles. The van der Waals surface area contributed by atoms with Crippen molar-refractivity contribution >= 4 is 21.7 Å². The van der Waals surface area contributed by atoms with Crippen LogP contribution in [0.3, 0.4) is 0 Å². The van der Waals surface area contributed by atoms with Crippen molar-refractivity contribution in [1.82, 2.24) is 10.5 Å². The fourth-order valence-electron chi connectivity index (χ4n) is 1.83. The molecule has 1 amide bonds. The molecule has 0 aliphatic rings. The summed E-state index contributed by atoms with van der Waals surface area (Å²) in [6, 6.07) is 5.40. The summed E-state index contributed by atoms with van der Waals surface area (Å²) >= 11 is 0. The predicted octanol–water partition coefficient (Wildman–Crippen LogP) is 1.62. The zero-order chi connectivity index (χ0) is 16.9. The number of ether oxygens (including phenoxy) is 1. The van der Waals surface area contributed by atoms with Crippen molar-refractivity contribution in [2.45, 2.75) is 18.2 Å². The number of amides is 1. The molecule has 0 saturated heterocycles. The SMILES string of the molecule is CCCNC(=O)c1cc(S(=O)(=O)Nc2ccon2)ccc1OC. The number of sulfonamides is 1. The molecule has 23 heavy (non-hydrogen) atoms. The Hall–Kier alpha value is -2.55. The van der Waals surface area contributed by atoms with E-state index in [2.05, 4.69) is 19.7 Å². The van der Waals surface area contributed by atoms with Gasteiger partial charge in [0.2, 0.25) is 0 Å². The van der Waals surface area contributed by atoms with Crippen molar-refractivity contribution in [3.8, 4) is 5.75 Å². The number of hydrogen-bond donors (Lipinski definition) is 2. The third-order valence-electron chi connectivity index (χ3n) is 2.94. The molecule has 0 fully saturated rings. The molecule has 0 aliphatic carbocycles. The van der Waals surface area contributed by atoms with Gasteiger partial charge in [-0.3, -0.25) is 9.52 Å². The zero-order valence-corrected chi connectivity index (χ0v) is 13.5. The third kappa shape index (κ3) is 4.01. The zero-order valence-electron chi connectivity index (χ0n) is 12.7. The number of carbonyl (C=O) groups is 1. The van der Waals surface area contributed by atoms with Crippen LogP contribution in [0, 0.1) is 0 Å². The lowest BCUT2D eigenvalue weighted by atomic mass is 10.2. The number of hydrogen-bond acceptors (Lipinski definition) is 6. The molecule has 0 atom stereocenters. The molecule has 9 heteroatoms. The molecular formula is C14H17N3O5S. The number of rotatable bonds is 7. The Morgan fingerprint density at radius 2 is 2.13 bits per heavy atom. The Morgan fingerprint density at radius 1 is 1.35 bits per heavy atom. The highest BCUT2D eigenvalue weighted by Gasteiger charge is 2.20. The van der Waals surface area contributed by atoms with E-state index in [1.54, 1.807) is 0 Å². The minimum absolute atomic E-state index is 0.0535. The fraction of sp³-hybridized carbons (Fsp3) is 0.286. The summed E-state index contributed by atoms with van der Waals surface area (Å²) in [4.78, 5) is 12.1. The Bertz CT molecular complexity index is 772. The van der Waals surface area contributed by atoms with Crippen LogP contribution < -0.4 is 14.8 Å². The molecule has 0 bridgehead atoms. The molecular weight excluding hydrogens is 322 g/mol. The highest BCUT2D eigenvalue weighted by Crippen LogP contribution is 2.23. The van der Waals surface area contributed by atoms with Gasteiger partial charge in [0.25, 0.3) is 15.9 Å². The molecule has 8 nitrogen and oxygen atoms in total. The van der Waals surface area contributed by atoms with Crippen LogP contribution in [0.5, 0.6) is 5.75 Å². The summed E-state index contributed by atoms with van der Waals surface area (Å²) in [7, 11) is -2.48. The van der Waals surface area contributed by atoms with Crippen LogP contribution in [0.25, 0.3) is 0 Å². The fourth-order valence-corrected chi connectivity index (χ4v) is 2.85. The number of nitrogens with zero attached hydrogens (tertiary/aromatic N) is 1. The van der Waals surface area contributed by atoms with Gasteiger partial charge in [-0.15, -0.1) is 0 Å². The first-order chi connectivity index (χ1) is 11.0. The van der Waals surface area contributed by atoms with Crippen LogP contribution in [-0.2, 0) is 10.0 Å². The Morgan fingerprint density at radius 3 is 2.74 bits per heavy atom. The molecule has 124 valence electrons. The van der Waals surface area contributed by atoms with Gasteiger partial charge >= 0.3 is 0 Å². The van der Waals surface area contributed by atoms with Crippen LogP contribution in [-0.4, -0.2) is 33.1 Å². The third-order valence-corrected chi connectivity index (χ3v) is 4.29. The maximum absolute atomic E-state index is 12.3. The lowest BCUT2D eigenvalue weighted by Gasteiger charge is -2.11. The Balaban J connectivity index is 2.34. The van der Waals surface area contributed by atoms with E-state index in [4.69, 9.17) is 4.74 Å². The summed E-state index contributed by atoms with van der Waals surface area (Å²) in [5, 5.41) is 6.18. The first-order valence-electron chi connectivity index (χ1n) is 6.87. The second-order valence-electron chi connectivity index (χ2n) is 4.61. The summed E-state index contributed by atoms with van der Waals surface area (Å²) in [5.74, 6) is -0.0565. The lowest BCUT2D eigenvalue weighted by molar-refractivity contribution is 0.0950. The summed E-state index contributed by atoms with van der Waals surface area (Å²) in [6.45, 7) is 2.40. The maximum Gasteiger partial charge on any atom is 0.263 e. The Labute approximate surface area is 133 Å². The van der Waals surface area contributed by atoms with Gasteiger partial charge in [0.05, 0.1) is 17.6 Å². The lowest BCUT2D eigenvalue weighted by Crippen LogP contribution is -2.25. The van der Waals surface area contributed by atoms with Gasteiger partial charge < -0.3 is 14.6 Å². The van der Waals surface area contributed by atoms with Crippen LogP contribution >= 0.6 is 0 Å². The standard InChI is InChI=1S/C14H17N3O5S/c1-3-7-15-14(18)11-9-10(4-5-12(11)21-2)23(19,20)17-13-6-8-22-16-13/h4-6,8-9H,3,7H2,1-2H3,(H,15,18)(H,16,17). The molecule has 0 saturated carbocycles. The van der Waals surface area contributed by atoms with Crippen molar-refractivity contribution in [2.24, 2.45) is 0 Å². The van der Waals surface area contributed by atoms with Gasteiger partial charge in [-0.05, 0) is 24.6 Å². The second-order valence-corrected chi connectivity index (χ2v) is 6.29. The molecule has 0 radical (unpaired) electrons. The molecule has 2 rings (SSSR count). The van der Waals surface area contributed by atoms with E-state index in [0.29, 0.717) is 12.3 Å². The quantitative estimate of drug-likeness (QED) is 0.793. The smallest absolute Gasteiger partial charge is 0.263 e. The number of methoxy groups -OCH3 is 1. The largest absolute Gasteiger partial charge is 0.496 e. The molecule has 2 aromatic rings. The van der Waals surface area contributed by atoms with Crippen molar-refractivity contribution < 1.29 is 22.5 Å². The minimum Gasteiger partial charge on any atom is -0.496 e. The number of carbonyl (C=O) groups excluding carboxylic acids is 1. The van der Waals surface area contributed by atoms with Gasteiger partial charge in [-0.2, -0.15) is 0 Å².